The fraction of sp³-hybridized carbons (Fsp3) is 0.444. The Bertz CT molecular complexity index is 690. The van der Waals surface area contributed by atoms with Gasteiger partial charge >= 0.3 is 0 Å². The van der Waals surface area contributed by atoms with Gasteiger partial charge in [0.05, 0.1) is 14.2 Å². The molecule has 0 aromatic heterocycles. The summed E-state index contributed by atoms with van der Waals surface area (Å²) in [6, 6.07) is 5.80. The minimum absolute atomic E-state index is 0.0990. The van der Waals surface area contributed by atoms with E-state index in [0.717, 1.165) is 16.2 Å². The van der Waals surface area contributed by atoms with Crippen molar-refractivity contribution in [2.75, 3.05) is 14.2 Å². The quantitative estimate of drug-likeness (QED) is 0.901. The van der Waals surface area contributed by atoms with Crippen molar-refractivity contribution in [2.45, 2.75) is 33.2 Å². The molecule has 1 aromatic rings. The first-order valence-electron chi connectivity index (χ1n) is 7.70. The van der Waals surface area contributed by atoms with Crippen LogP contribution in [0.3, 0.4) is 0 Å². The van der Waals surface area contributed by atoms with Gasteiger partial charge in [-0.3, -0.25) is 9.79 Å². The number of carbonyl (C=O) groups excluding carboxylic acids is 1. The van der Waals surface area contributed by atoms with Crippen molar-refractivity contribution >= 4 is 28.3 Å². The Morgan fingerprint density at radius 2 is 1.88 bits per heavy atom. The summed E-state index contributed by atoms with van der Waals surface area (Å²) in [5, 5.41) is 2.87. The molecule has 1 atom stereocenters. The molecule has 24 heavy (non-hydrogen) atoms. The monoisotopic (exact) mass is 348 g/mol. The van der Waals surface area contributed by atoms with Crippen LogP contribution in [0.2, 0.25) is 0 Å². The Kier molecular flexibility index (Phi) is 5.59. The fourth-order valence-corrected chi connectivity index (χ4v) is 3.33. The number of thioether (sulfide) groups is 1. The van der Waals surface area contributed by atoms with Gasteiger partial charge in [0, 0.05) is 23.0 Å². The summed E-state index contributed by atoms with van der Waals surface area (Å²) in [7, 11) is 3.23. The van der Waals surface area contributed by atoms with Crippen molar-refractivity contribution in [2.24, 2.45) is 10.4 Å². The summed E-state index contributed by atoms with van der Waals surface area (Å²) >= 11 is 1.51. The van der Waals surface area contributed by atoms with Gasteiger partial charge in [-0.1, -0.05) is 32.5 Å². The molecule has 2 rings (SSSR count). The van der Waals surface area contributed by atoms with Crippen LogP contribution >= 0.6 is 11.8 Å². The number of allylic oxidation sites excluding steroid dienone is 1. The lowest BCUT2D eigenvalue weighted by molar-refractivity contribution is -0.119. The lowest BCUT2D eigenvalue weighted by Crippen LogP contribution is -2.33. The maximum atomic E-state index is 11.4. The van der Waals surface area contributed by atoms with E-state index in [0.29, 0.717) is 11.5 Å². The number of nitrogens with one attached hydrogen (secondary N) is 1. The van der Waals surface area contributed by atoms with Crippen molar-refractivity contribution < 1.29 is 14.3 Å². The van der Waals surface area contributed by atoms with E-state index in [-0.39, 0.29) is 16.8 Å². The van der Waals surface area contributed by atoms with Gasteiger partial charge in [0.1, 0.15) is 0 Å². The number of carbonyl (C=O) groups is 1. The van der Waals surface area contributed by atoms with E-state index >= 15 is 0 Å². The minimum Gasteiger partial charge on any atom is -0.493 e. The van der Waals surface area contributed by atoms with Gasteiger partial charge in [0.25, 0.3) is 0 Å². The highest BCUT2D eigenvalue weighted by atomic mass is 32.2. The summed E-state index contributed by atoms with van der Waals surface area (Å²) in [6.45, 7) is 7.82. The summed E-state index contributed by atoms with van der Waals surface area (Å²) in [4.78, 5) is 17.1. The maximum Gasteiger partial charge on any atom is 0.219 e. The summed E-state index contributed by atoms with van der Waals surface area (Å²) in [5.41, 5.74) is 1.51. The largest absolute Gasteiger partial charge is 0.493 e. The van der Waals surface area contributed by atoms with Crippen LogP contribution in [0, 0.1) is 5.41 Å². The molecule has 0 fully saturated rings. The zero-order chi connectivity index (χ0) is 17.9. The molecule has 130 valence electrons. The molecular formula is C18H24N2O3S. The lowest BCUT2D eigenvalue weighted by atomic mass is 9.89. The number of methoxy groups -OCH3 is 2. The van der Waals surface area contributed by atoms with Crippen molar-refractivity contribution in [1.29, 1.82) is 0 Å². The second-order valence-corrected chi connectivity index (χ2v) is 7.64. The lowest BCUT2D eigenvalue weighted by Gasteiger charge is -2.27. The Morgan fingerprint density at radius 3 is 2.42 bits per heavy atom. The number of hydrogen-bond acceptors (Lipinski definition) is 5. The van der Waals surface area contributed by atoms with E-state index in [4.69, 9.17) is 9.47 Å². The highest BCUT2D eigenvalue weighted by Gasteiger charge is 2.26. The number of aliphatic imine (C=N–C) groups is 1. The van der Waals surface area contributed by atoms with Crippen molar-refractivity contribution in [3.8, 4) is 11.5 Å². The second-order valence-electron chi connectivity index (χ2n) is 6.51. The average molecular weight is 348 g/mol. The molecule has 1 aliphatic heterocycles. The van der Waals surface area contributed by atoms with Crippen molar-refractivity contribution in [3.05, 3.63) is 29.8 Å². The van der Waals surface area contributed by atoms with Crippen LogP contribution < -0.4 is 14.8 Å². The van der Waals surface area contributed by atoms with Gasteiger partial charge < -0.3 is 14.8 Å². The van der Waals surface area contributed by atoms with Crippen molar-refractivity contribution in [3.63, 3.8) is 0 Å². The smallest absolute Gasteiger partial charge is 0.219 e. The molecule has 0 saturated heterocycles. The predicted octanol–water partition coefficient (Wildman–Crippen LogP) is 3.70. The summed E-state index contributed by atoms with van der Waals surface area (Å²) in [5.74, 6) is 1.26. The zero-order valence-corrected chi connectivity index (χ0v) is 15.8. The Labute approximate surface area is 147 Å². The summed E-state index contributed by atoms with van der Waals surface area (Å²) in [6.07, 6.45) is 2.07. The van der Waals surface area contributed by atoms with Crippen LogP contribution in [-0.4, -0.2) is 31.3 Å². The molecule has 0 aliphatic carbocycles. The van der Waals surface area contributed by atoms with Crippen LogP contribution in [0.1, 0.15) is 33.3 Å². The number of rotatable bonds is 4. The molecule has 1 heterocycles. The fourth-order valence-electron chi connectivity index (χ4n) is 2.26. The van der Waals surface area contributed by atoms with Gasteiger partial charge in [-0.2, -0.15) is 0 Å². The van der Waals surface area contributed by atoms with E-state index in [9.17, 15) is 4.79 Å². The third kappa shape index (κ3) is 4.32. The molecule has 0 radical (unpaired) electrons. The standard InChI is InChI=1S/C18H24N2O3S/c1-11(21)19-17-20-16(18(2,3)4)10-15(24-17)12-7-8-13(22-5)14(9-12)23-6/h7-10,17H,1-6H3,(H,19,21). The van der Waals surface area contributed by atoms with E-state index < -0.39 is 0 Å². The van der Waals surface area contributed by atoms with Gasteiger partial charge in [0.2, 0.25) is 5.91 Å². The first kappa shape index (κ1) is 18.4. The van der Waals surface area contributed by atoms with Gasteiger partial charge in [-0.05, 0) is 29.8 Å². The molecule has 0 bridgehead atoms. The molecule has 1 aromatic carbocycles. The molecule has 1 amide bonds. The Hall–Kier alpha value is -1.95. The highest BCUT2D eigenvalue weighted by Crippen LogP contribution is 2.39. The van der Waals surface area contributed by atoms with E-state index in [1.807, 2.05) is 18.2 Å². The third-order valence-electron chi connectivity index (χ3n) is 3.53. The van der Waals surface area contributed by atoms with Gasteiger partial charge in [0.15, 0.2) is 17.0 Å². The van der Waals surface area contributed by atoms with E-state index in [1.165, 1.54) is 18.7 Å². The van der Waals surface area contributed by atoms with E-state index in [1.54, 1.807) is 14.2 Å². The van der Waals surface area contributed by atoms with Crippen LogP contribution in [0.5, 0.6) is 11.5 Å². The second kappa shape index (κ2) is 7.30. The first-order valence-corrected chi connectivity index (χ1v) is 8.58. The summed E-state index contributed by atoms with van der Waals surface area (Å²) < 4.78 is 10.7. The topological polar surface area (TPSA) is 59.9 Å². The molecule has 6 heteroatoms. The normalized spacial score (nSPS) is 17.7. The molecular weight excluding hydrogens is 324 g/mol. The SMILES string of the molecule is COc1ccc(C2=CC(C(C)(C)C)=NC(NC(C)=O)S2)cc1OC. The molecule has 1 N–H and O–H groups in total. The van der Waals surface area contributed by atoms with Gasteiger partial charge in [-0.15, -0.1) is 0 Å². The number of amides is 1. The van der Waals surface area contributed by atoms with Crippen molar-refractivity contribution in [1.82, 2.24) is 5.32 Å². The first-order chi connectivity index (χ1) is 11.2. The molecule has 0 spiro atoms. The Balaban J connectivity index is 2.43. The van der Waals surface area contributed by atoms with Gasteiger partial charge in [-0.25, -0.2) is 0 Å². The maximum absolute atomic E-state index is 11.4. The molecule has 5 nitrogen and oxygen atoms in total. The average Bonchev–Trinajstić information content (AvgIpc) is 2.52. The third-order valence-corrected chi connectivity index (χ3v) is 4.58. The number of ether oxygens (including phenoxy) is 2. The van der Waals surface area contributed by atoms with Crippen LogP contribution in [0.15, 0.2) is 29.3 Å². The minimum atomic E-state index is -0.329. The zero-order valence-electron chi connectivity index (χ0n) is 15.0. The molecule has 1 unspecified atom stereocenters. The molecule has 0 saturated carbocycles. The van der Waals surface area contributed by atoms with Crippen LogP contribution in [0.25, 0.3) is 4.91 Å². The highest BCUT2D eigenvalue weighted by molar-refractivity contribution is 8.08. The number of benzene rings is 1. The van der Waals surface area contributed by atoms with Crippen LogP contribution in [0.4, 0.5) is 0 Å². The number of nitrogens with zero attached hydrogens (tertiary/aromatic N) is 1. The van der Waals surface area contributed by atoms with Crippen LogP contribution in [-0.2, 0) is 4.79 Å². The predicted molar refractivity (Wildman–Crippen MR) is 99.6 cm³/mol. The molecule has 1 aliphatic rings. The number of hydrogen-bond donors (Lipinski definition) is 1. The van der Waals surface area contributed by atoms with E-state index in [2.05, 4.69) is 37.2 Å². The Morgan fingerprint density at radius 1 is 1.21 bits per heavy atom.